The summed E-state index contributed by atoms with van der Waals surface area (Å²) >= 11 is 0. The third kappa shape index (κ3) is 2.98. The van der Waals surface area contributed by atoms with Crippen molar-refractivity contribution in [2.45, 2.75) is 60.0 Å². The van der Waals surface area contributed by atoms with E-state index in [2.05, 4.69) is 46.8 Å². The fourth-order valence-corrected chi connectivity index (χ4v) is 2.60. The minimum Gasteiger partial charge on any atom is -0.392 e. The van der Waals surface area contributed by atoms with Crippen LogP contribution in [-0.4, -0.2) is 11.2 Å². The maximum atomic E-state index is 9.93. The average Bonchev–Trinajstić information content (AvgIpc) is 2.41. The van der Waals surface area contributed by atoms with Gasteiger partial charge in [-0.15, -0.1) is 0 Å². The molecule has 2 atom stereocenters. The van der Waals surface area contributed by atoms with E-state index >= 15 is 0 Å². The molecule has 0 radical (unpaired) electrons. The molecule has 2 unspecified atom stereocenters. The van der Waals surface area contributed by atoms with Gasteiger partial charge in [-0.2, -0.15) is 0 Å². The van der Waals surface area contributed by atoms with Gasteiger partial charge in [0.05, 0.1) is 6.10 Å². The van der Waals surface area contributed by atoms with Gasteiger partial charge < -0.3 is 5.11 Å². The van der Waals surface area contributed by atoms with Crippen LogP contribution in [0.5, 0.6) is 0 Å². The van der Waals surface area contributed by atoms with E-state index in [-0.39, 0.29) is 11.5 Å². The molecule has 1 aliphatic carbocycles. The molecule has 0 fully saturated rings. The summed E-state index contributed by atoms with van der Waals surface area (Å²) in [5.41, 5.74) is 2.82. The van der Waals surface area contributed by atoms with Gasteiger partial charge in [-0.1, -0.05) is 44.1 Å². The van der Waals surface area contributed by atoms with E-state index in [1.807, 2.05) is 0 Å². The van der Waals surface area contributed by atoms with Crippen LogP contribution in [0.4, 0.5) is 0 Å². The molecule has 0 heterocycles. The zero-order valence-electron chi connectivity index (χ0n) is 11.4. The SMILES string of the molecule is CC(C)=CCCC(C)C1=CCC(O)C1(C)C. The third-order valence-electron chi connectivity index (χ3n) is 3.82. The Morgan fingerprint density at radius 2 is 2.19 bits per heavy atom. The molecule has 0 aromatic rings. The number of hydrogen-bond donors (Lipinski definition) is 1. The smallest absolute Gasteiger partial charge is 0.0662 e. The summed E-state index contributed by atoms with van der Waals surface area (Å²) in [7, 11) is 0. The highest BCUT2D eigenvalue weighted by atomic mass is 16.3. The van der Waals surface area contributed by atoms with Crippen LogP contribution < -0.4 is 0 Å². The topological polar surface area (TPSA) is 20.2 Å². The molecule has 1 N–H and O–H groups in total. The van der Waals surface area contributed by atoms with Gasteiger partial charge >= 0.3 is 0 Å². The first-order valence-electron chi connectivity index (χ1n) is 6.37. The monoisotopic (exact) mass is 222 g/mol. The molecule has 16 heavy (non-hydrogen) atoms. The van der Waals surface area contributed by atoms with Crippen molar-refractivity contribution in [3.05, 3.63) is 23.3 Å². The molecule has 1 nitrogen and oxygen atoms in total. The van der Waals surface area contributed by atoms with Crippen molar-refractivity contribution in [2.24, 2.45) is 11.3 Å². The van der Waals surface area contributed by atoms with Crippen LogP contribution in [-0.2, 0) is 0 Å². The molecule has 0 saturated heterocycles. The summed E-state index contributed by atoms with van der Waals surface area (Å²) in [6.07, 6.45) is 7.52. The summed E-state index contributed by atoms with van der Waals surface area (Å²) in [5, 5.41) is 9.93. The summed E-state index contributed by atoms with van der Waals surface area (Å²) in [5.74, 6) is 0.586. The Kier molecular flexibility index (Phi) is 4.37. The molecule has 0 aromatic carbocycles. The lowest BCUT2D eigenvalue weighted by Gasteiger charge is -2.30. The van der Waals surface area contributed by atoms with E-state index in [1.54, 1.807) is 0 Å². The number of hydrogen-bond acceptors (Lipinski definition) is 1. The van der Waals surface area contributed by atoms with Gasteiger partial charge in [0.15, 0.2) is 0 Å². The van der Waals surface area contributed by atoms with E-state index in [0.29, 0.717) is 5.92 Å². The van der Waals surface area contributed by atoms with E-state index < -0.39 is 0 Å². The fourth-order valence-electron chi connectivity index (χ4n) is 2.60. The summed E-state index contributed by atoms with van der Waals surface area (Å²) < 4.78 is 0. The van der Waals surface area contributed by atoms with Gasteiger partial charge in [0.1, 0.15) is 0 Å². The molecular weight excluding hydrogens is 196 g/mol. The van der Waals surface area contributed by atoms with E-state index in [1.165, 1.54) is 17.6 Å². The summed E-state index contributed by atoms with van der Waals surface area (Å²) in [4.78, 5) is 0. The number of aliphatic hydroxyl groups excluding tert-OH is 1. The van der Waals surface area contributed by atoms with Crippen molar-refractivity contribution >= 4 is 0 Å². The molecule has 1 rings (SSSR count). The van der Waals surface area contributed by atoms with E-state index in [4.69, 9.17) is 0 Å². The third-order valence-corrected chi connectivity index (χ3v) is 3.82. The Hall–Kier alpha value is -0.560. The first-order valence-corrected chi connectivity index (χ1v) is 6.37. The predicted molar refractivity (Wildman–Crippen MR) is 70.3 cm³/mol. The van der Waals surface area contributed by atoms with Crippen LogP contribution in [0.2, 0.25) is 0 Å². The molecule has 0 aliphatic heterocycles. The molecule has 0 saturated carbocycles. The van der Waals surface area contributed by atoms with Gasteiger partial charge in [0.2, 0.25) is 0 Å². The minimum absolute atomic E-state index is 0.0234. The minimum atomic E-state index is -0.187. The van der Waals surface area contributed by atoms with Crippen LogP contribution in [0, 0.1) is 11.3 Å². The predicted octanol–water partition coefficient (Wildman–Crippen LogP) is 4.09. The number of allylic oxidation sites excluding steroid dienone is 2. The van der Waals surface area contributed by atoms with Crippen molar-refractivity contribution in [1.82, 2.24) is 0 Å². The maximum absolute atomic E-state index is 9.93. The highest BCUT2D eigenvalue weighted by Gasteiger charge is 2.37. The normalized spacial score (nSPS) is 25.1. The molecular formula is C15H26O. The van der Waals surface area contributed by atoms with E-state index in [9.17, 15) is 5.11 Å². The zero-order chi connectivity index (χ0) is 12.3. The van der Waals surface area contributed by atoms with Crippen molar-refractivity contribution in [3.8, 4) is 0 Å². The van der Waals surface area contributed by atoms with Crippen molar-refractivity contribution in [3.63, 3.8) is 0 Å². The largest absolute Gasteiger partial charge is 0.392 e. The summed E-state index contributed by atoms with van der Waals surface area (Å²) in [6, 6.07) is 0. The standard InChI is InChI=1S/C15H26O/c1-11(2)7-6-8-12(3)13-9-10-14(16)15(13,4)5/h7,9,12,14,16H,6,8,10H2,1-5H3. The maximum Gasteiger partial charge on any atom is 0.0662 e. The Morgan fingerprint density at radius 1 is 1.56 bits per heavy atom. The van der Waals surface area contributed by atoms with Crippen LogP contribution in [0.25, 0.3) is 0 Å². The lowest BCUT2D eigenvalue weighted by Crippen LogP contribution is -2.28. The van der Waals surface area contributed by atoms with E-state index in [0.717, 1.165) is 12.8 Å². The van der Waals surface area contributed by atoms with Crippen LogP contribution >= 0.6 is 0 Å². The second-order valence-corrected chi connectivity index (χ2v) is 5.89. The highest BCUT2D eigenvalue weighted by Crippen LogP contribution is 2.43. The van der Waals surface area contributed by atoms with Crippen molar-refractivity contribution in [1.29, 1.82) is 0 Å². The lowest BCUT2D eigenvalue weighted by atomic mass is 9.77. The van der Waals surface area contributed by atoms with Crippen molar-refractivity contribution < 1.29 is 5.11 Å². The average molecular weight is 222 g/mol. The molecule has 0 spiro atoms. The number of rotatable bonds is 4. The number of aliphatic hydroxyl groups is 1. The molecule has 0 aromatic heterocycles. The van der Waals surface area contributed by atoms with Gasteiger partial charge in [-0.3, -0.25) is 0 Å². The second kappa shape index (κ2) is 5.18. The van der Waals surface area contributed by atoms with Gasteiger partial charge in [-0.25, -0.2) is 0 Å². The van der Waals surface area contributed by atoms with Crippen LogP contribution in [0.3, 0.4) is 0 Å². The first-order chi connectivity index (χ1) is 7.35. The Morgan fingerprint density at radius 3 is 2.62 bits per heavy atom. The Bertz CT molecular complexity index is 293. The molecule has 1 aliphatic rings. The lowest BCUT2D eigenvalue weighted by molar-refractivity contribution is 0.0857. The van der Waals surface area contributed by atoms with Gasteiger partial charge in [-0.05, 0) is 39.0 Å². The molecule has 0 bridgehead atoms. The highest BCUT2D eigenvalue weighted by molar-refractivity contribution is 5.23. The van der Waals surface area contributed by atoms with Crippen molar-refractivity contribution in [2.75, 3.05) is 0 Å². The van der Waals surface area contributed by atoms with Crippen LogP contribution in [0.1, 0.15) is 53.9 Å². The van der Waals surface area contributed by atoms with Gasteiger partial charge in [0, 0.05) is 5.41 Å². The fraction of sp³-hybridized carbons (Fsp3) is 0.733. The Labute approximate surface area is 100 Å². The Balaban J connectivity index is 2.55. The van der Waals surface area contributed by atoms with Gasteiger partial charge in [0.25, 0.3) is 0 Å². The quantitative estimate of drug-likeness (QED) is 0.710. The van der Waals surface area contributed by atoms with Crippen LogP contribution in [0.15, 0.2) is 23.3 Å². The zero-order valence-corrected chi connectivity index (χ0v) is 11.4. The second-order valence-electron chi connectivity index (χ2n) is 5.89. The first kappa shape index (κ1) is 13.5. The summed E-state index contributed by atoms with van der Waals surface area (Å²) in [6.45, 7) is 10.9. The molecule has 1 heteroatoms. The molecule has 0 amide bonds. The molecule has 92 valence electrons.